The van der Waals surface area contributed by atoms with Gasteiger partial charge in [0.05, 0.1) is 11.9 Å². The number of rotatable bonds is 2. The zero-order valence-electron chi connectivity index (χ0n) is 13.9. The lowest BCUT2D eigenvalue weighted by Gasteiger charge is -2.33. The van der Waals surface area contributed by atoms with Crippen molar-refractivity contribution in [3.05, 3.63) is 6.20 Å². The van der Waals surface area contributed by atoms with Crippen LogP contribution in [0.4, 0.5) is 16.3 Å². The van der Waals surface area contributed by atoms with Gasteiger partial charge < -0.3 is 15.8 Å². The summed E-state index contributed by atoms with van der Waals surface area (Å²) < 4.78 is 7.23. The molecule has 2 heterocycles. The molecule has 7 heteroatoms. The normalized spacial score (nSPS) is 19.5. The molecule has 124 valence electrons. The van der Waals surface area contributed by atoms with Crippen LogP contribution in [0.15, 0.2) is 6.20 Å². The monoisotopic (exact) mass is 309 g/mol. The van der Waals surface area contributed by atoms with E-state index in [1.54, 1.807) is 22.8 Å². The van der Waals surface area contributed by atoms with Crippen LogP contribution in [0.1, 0.15) is 40.0 Å². The van der Waals surface area contributed by atoms with Crippen LogP contribution in [0.5, 0.6) is 0 Å². The second-order valence-corrected chi connectivity index (χ2v) is 6.73. The molecule has 3 N–H and O–H groups in total. The number of aryl methyl sites for hydroxylation is 1. The maximum Gasteiger partial charge on any atom is 0.416 e. The molecule has 1 fully saturated rings. The highest BCUT2D eigenvalue weighted by atomic mass is 16.6. The Labute approximate surface area is 131 Å². The molecule has 1 aliphatic heterocycles. The molecule has 1 aromatic heterocycles. The number of nitrogens with two attached hydrogens (primary N) is 1. The first kappa shape index (κ1) is 16.6. The van der Waals surface area contributed by atoms with Gasteiger partial charge in [0.25, 0.3) is 0 Å². The average molecular weight is 309 g/mol. The van der Waals surface area contributed by atoms with E-state index in [0.717, 1.165) is 32.4 Å². The summed E-state index contributed by atoms with van der Waals surface area (Å²) in [7, 11) is 1.79. The van der Waals surface area contributed by atoms with Crippen LogP contribution in [0, 0.1) is 0 Å². The van der Waals surface area contributed by atoms with Gasteiger partial charge in [-0.1, -0.05) is 0 Å². The van der Waals surface area contributed by atoms with Crippen LogP contribution in [0.2, 0.25) is 0 Å². The summed E-state index contributed by atoms with van der Waals surface area (Å²) in [6, 6.07) is 0.0579. The van der Waals surface area contributed by atoms with E-state index < -0.39 is 5.60 Å². The number of carbonyl (C=O) groups excluding carboxylic acids is 1. The van der Waals surface area contributed by atoms with Crippen LogP contribution in [-0.4, -0.2) is 40.6 Å². The van der Waals surface area contributed by atoms with E-state index >= 15 is 0 Å². The van der Waals surface area contributed by atoms with E-state index in [1.165, 1.54) is 0 Å². The maximum absolute atomic E-state index is 12.8. The Hall–Kier alpha value is -1.76. The number of hydrogen-bond acceptors (Lipinski definition) is 5. The lowest BCUT2D eigenvalue weighted by Crippen LogP contribution is -2.45. The fraction of sp³-hybridized carbons (Fsp3) is 0.733. The molecule has 1 atom stereocenters. The third-order valence-electron chi connectivity index (χ3n) is 3.66. The third kappa shape index (κ3) is 3.91. The van der Waals surface area contributed by atoms with Crippen molar-refractivity contribution < 1.29 is 9.53 Å². The Kier molecular flexibility index (Phi) is 4.95. The molecule has 1 unspecified atom stereocenters. The molecule has 0 bridgehead atoms. The number of anilines is 2. The smallest absolute Gasteiger partial charge is 0.416 e. The van der Waals surface area contributed by atoms with Gasteiger partial charge in [0.15, 0.2) is 5.82 Å². The minimum atomic E-state index is -0.550. The molecule has 7 nitrogen and oxygen atoms in total. The Morgan fingerprint density at radius 2 is 2.18 bits per heavy atom. The van der Waals surface area contributed by atoms with Crippen molar-refractivity contribution in [1.82, 2.24) is 15.1 Å². The second-order valence-electron chi connectivity index (χ2n) is 6.73. The summed E-state index contributed by atoms with van der Waals surface area (Å²) in [4.78, 5) is 14.4. The molecule has 22 heavy (non-hydrogen) atoms. The minimum absolute atomic E-state index is 0.0579. The molecule has 0 aromatic carbocycles. The van der Waals surface area contributed by atoms with Gasteiger partial charge in [-0.25, -0.2) is 4.79 Å². The van der Waals surface area contributed by atoms with Crippen molar-refractivity contribution in [2.24, 2.45) is 7.05 Å². The SMILES string of the molecule is Cn1ncc(N)c1N(C(=O)OC(C)(C)C)C1CCCNCC1. The Bertz CT molecular complexity index is 493. The van der Waals surface area contributed by atoms with Gasteiger partial charge >= 0.3 is 6.09 Å². The molecule has 0 aliphatic carbocycles. The topological polar surface area (TPSA) is 85.4 Å². The highest BCUT2D eigenvalue weighted by Crippen LogP contribution is 2.29. The highest BCUT2D eigenvalue weighted by Gasteiger charge is 2.33. The van der Waals surface area contributed by atoms with Gasteiger partial charge in [-0.15, -0.1) is 0 Å². The molecule has 0 radical (unpaired) electrons. The lowest BCUT2D eigenvalue weighted by atomic mass is 10.1. The van der Waals surface area contributed by atoms with E-state index in [0.29, 0.717) is 11.5 Å². The highest BCUT2D eigenvalue weighted by molar-refractivity contribution is 5.91. The molecule has 1 aliphatic rings. The van der Waals surface area contributed by atoms with Gasteiger partial charge in [-0.2, -0.15) is 5.10 Å². The zero-order chi connectivity index (χ0) is 16.3. The lowest BCUT2D eigenvalue weighted by molar-refractivity contribution is 0.0560. The number of aromatic nitrogens is 2. The summed E-state index contributed by atoms with van der Waals surface area (Å²) in [5, 5.41) is 7.52. The van der Waals surface area contributed by atoms with Crippen LogP contribution >= 0.6 is 0 Å². The van der Waals surface area contributed by atoms with Gasteiger partial charge in [-0.3, -0.25) is 9.58 Å². The molecule has 1 saturated heterocycles. The number of hydrogen-bond donors (Lipinski definition) is 2. The average Bonchev–Trinajstić information content (AvgIpc) is 2.64. The fourth-order valence-electron chi connectivity index (χ4n) is 2.72. The standard InChI is InChI=1S/C15H27N5O2/c1-15(2,3)22-14(21)20(11-6-5-8-17-9-7-11)13-12(16)10-18-19(13)4/h10-11,17H,5-9,16H2,1-4H3. The molecule has 0 spiro atoms. The van der Waals surface area contributed by atoms with Crippen LogP contribution < -0.4 is 16.0 Å². The maximum atomic E-state index is 12.8. The van der Waals surface area contributed by atoms with Crippen molar-refractivity contribution in [2.75, 3.05) is 23.7 Å². The van der Waals surface area contributed by atoms with Crippen LogP contribution in [0.25, 0.3) is 0 Å². The van der Waals surface area contributed by atoms with Crippen LogP contribution in [-0.2, 0) is 11.8 Å². The number of ether oxygens (including phenoxy) is 1. The molecule has 1 aromatic rings. The van der Waals surface area contributed by atoms with Crippen molar-refractivity contribution in [1.29, 1.82) is 0 Å². The van der Waals surface area contributed by atoms with Crippen molar-refractivity contribution in [3.8, 4) is 0 Å². The Morgan fingerprint density at radius 1 is 1.45 bits per heavy atom. The van der Waals surface area contributed by atoms with Crippen molar-refractivity contribution in [3.63, 3.8) is 0 Å². The first-order chi connectivity index (χ1) is 10.3. The third-order valence-corrected chi connectivity index (χ3v) is 3.66. The molecular weight excluding hydrogens is 282 g/mol. The number of amides is 1. The summed E-state index contributed by atoms with van der Waals surface area (Å²) in [6.45, 7) is 7.44. The predicted molar refractivity (Wildman–Crippen MR) is 86.8 cm³/mol. The second kappa shape index (κ2) is 6.56. The molecule has 0 saturated carbocycles. The molecule has 2 rings (SSSR count). The number of nitrogens with zero attached hydrogens (tertiary/aromatic N) is 3. The summed E-state index contributed by atoms with van der Waals surface area (Å²) in [5.74, 6) is 0.612. The summed E-state index contributed by atoms with van der Waals surface area (Å²) >= 11 is 0. The molecule has 1 amide bonds. The largest absolute Gasteiger partial charge is 0.443 e. The quantitative estimate of drug-likeness (QED) is 0.871. The number of carbonyl (C=O) groups is 1. The van der Waals surface area contributed by atoms with Crippen LogP contribution in [0.3, 0.4) is 0 Å². The van der Waals surface area contributed by atoms with E-state index in [9.17, 15) is 4.79 Å². The van der Waals surface area contributed by atoms with Gasteiger partial charge in [0.2, 0.25) is 0 Å². The molecular formula is C15H27N5O2. The van der Waals surface area contributed by atoms with Crippen molar-refractivity contribution >= 4 is 17.6 Å². The summed E-state index contributed by atoms with van der Waals surface area (Å²) in [5.41, 5.74) is 5.98. The number of nitrogen functional groups attached to an aromatic ring is 1. The van der Waals surface area contributed by atoms with Gasteiger partial charge in [0.1, 0.15) is 5.60 Å². The first-order valence-electron chi connectivity index (χ1n) is 7.80. The summed E-state index contributed by atoms with van der Waals surface area (Å²) in [6.07, 6.45) is 4.00. The minimum Gasteiger partial charge on any atom is -0.443 e. The Balaban J connectivity index is 2.33. The van der Waals surface area contributed by atoms with Gasteiger partial charge in [-0.05, 0) is 53.1 Å². The van der Waals surface area contributed by atoms with E-state index in [1.807, 2.05) is 20.8 Å². The van der Waals surface area contributed by atoms with E-state index in [2.05, 4.69) is 10.4 Å². The van der Waals surface area contributed by atoms with Gasteiger partial charge in [0, 0.05) is 13.1 Å². The zero-order valence-corrected chi connectivity index (χ0v) is 13.9. The predicted octanol–water partition coefficient (Wildman–Crippen LogP) is 1.89. The first-order valence-corrected chi connectivity index (χ1v) is 7.80. The van der Waals surface area contributed by atoms with Crippen molar-refractivity contribution in [2.45, 2.75) is 51.7 Å². The Morgan fingerprint density at radius 3 is 2.77 bits per heavy atom. The number of nitrogens with one attached hydrogen (secondary N) is 1. The van der Waals surface area contributed by atoms with E-state index in [4.69, 9.17) is 10.5 Å². The van der Waals surface area contributed by atoms with E-state index in [-0.39, 0.29) is 12.1 Å². The fourth-order valence-corrected chi connectivity index (χ4v) is 2.72.